The number of hydrogen-bond donors (Lipinski definition) is 1. The van der Waals surface area contributed by atoms with Crippen LogP contribution in [0.3, 0.4) is 0 Å². The van der Waals surface area contributed by atoms with Gasteiger partial charge in [0.15, 0.2) is 0 Å². The lowest BCUT2D eigenvalue weighted by atomic mass is 9.97. The zero-order valence-corrected chi connectivity index (χ0v) is 15.3. The fraction of sp³-hybridized carbons (Fsp3) is 0.381. The molecular formula is C21H25N3O2. The van der Waals surface area contributed by atoms with E-state index in [1.807, 2.05) is 17.0 Å². The number of fused-ring (bicyclic) bond motifs is 1. The van der Waals surface area contributed by atoms with Crippen molar-refractivity contribution in [2.75, 3.05) is 6.54 Å². The second-order valence-electron chi connectivity index (χ2n) is 7.17. The third-order valence-corrected chi connectivity index (χ3v) is 4.70. The van der Waals surface area contributed by atoms with Gasteiger partial charge < -0.3 is 10.2 Å². The van der Waals surface area contributed by atoms with Gasteiger partial charge in [-0.15, -0.1) is 0 Å². The van der Waals surface area contributed by atoms with Crippen molar-refractivity contribution in [3.63, 3.8) is 0 Å². The van der Waals surface area contributed by atoms with Crippen LogP contribution in [0.15, 0.2) is 48.8 Å². The van der Waals surface area contributed by atoms with Crippen molar-refractivity contribution in [2.45, 2.75) is 39.3 Å². The molecule has 26 heavy (non-hydrogen) atoms. The maximum Gasteiger partial charge on any atom is 0.252 e. The zero-order valence-electron chi connectivity index (χ0n) is 15.3. The molecule has 0 bridgehead atoms. The summed E-state index contributed by atoms with van der Waals surface area (Å²) in [7, 11) is 0. The lowest BCUT2D eigenvalue weighted by molar-refractivity contribution is -0.134. The normalized spacial score (nSPS) is 14.7. The number of hydrogen-bond acceptors (Lipinski definition) is 3. The molecule has 1 aromatic heterocycles. The first kappa shape index (κ1) is 18.1. The van der Waals surface area contributed by atoms with Gasteiger partial charge in [0.1, 0.15) is 6.04 Å². The van der Waals surface area contributed by atoms with Crippen molar-refractivity contribution in [2.24, 2.45) is 5.92 Å². The molecule has 0 fully saturated rings. The highest BCUT2D eigenvalue weighted by Crippen LogP contribution is 2.20. The van der Waals surface area contributed by atoms with Crippen molar-refractivity contribution < 1.29 is 9.59 Å². The molecule has 0 saturated carbocycles. The molecule has 0 aliphatic carbocycles. The van der Waals surface area contributed by atoms with E-state index in [0.717, 1.165) is 6.42 Å². The van der Waals surface area contributed by atoms with Gasteiger partial charge in [0.2, 0.25) is 5.91 Å². The number of carbonyl (C=O) groups excluding carboxylic acids is 2. The van der Waals surface area contributed by atoms with Crippen LogP contribution in [-0.4, -0.2) is 34.3 Å². The Kier molecular flexibility index (Phi) is 5.66. The van der Waals surface area contributed by atoms with Crippen molar-refractivity contribution in [3.05, 3.63) is 65.5 Å². The molecule has 5 nitrogen and oxygen atoms in total. The number of carbonyl (C=O) groups is 2. The van der Waals surface area contributed by atoms with E-state index in [1.54, 1.807) is 24.5 Å². The zero-order chi connectivity index (χ0) is 18.5. The first-order valence-electron chi connectivity index (χ1n) is 9.11. The van der Waals surface area contributed by atoms with Gasteiger partial charge >= 0.3 is 0 Å². The monoisotopic (exact) mass is 351 g/mol. The molecule has 2 aromatic rings. The summed E-state index contributed by atoms with van der Waals surface area (Å²) in [5.74, 6) is 0.0678. The van der Waals surface area contributed by atoms with E-state index in [2.05, 4.69) is 36.3 Å². The fourth-order valence-electron chi connectivity index (χ4n) is 3.34. The van der Waals surface area contributed by atoms with Gasteiger partial charge in [-0.25, -0.2) is 0 Å². The van der Waals surface area contributed by atoms with Gasteiger partial charge in [0.25, 0.3) is 5.91 Å². The average molecular weight is 351 g/mol. The predicted molar refractivity (Wildman–Crippen MR) is 101 cm³/mol. The van der Waals surface area contributed by atoms with Crippen LogP contribution in [0.2, 0.25) is 0 Å². The Hall–Kier alpha value is -2.69. The minimum absolute atomic E-state index is 0.00407. The molecule has 1 atom stereocenters. The summed E-state index contributed by atoms with van der Waals surface area (Å²) in [5.41, 5.74) is 3.01. The maximum atomic E-state index is 13.1. The standard InChI is InChI=1S/C21H25N3O2/c1-15(2)13-19(23-20(25)17-7-10-22-11-8-17)21(26)24-12-9-16-5-3-4-6-18(16)14-24/h3-8,10-11,15,19H,9,12-14H2,1-2H3,(H,23,25)/t19-/m1/s1. The topological polar surface area (TPSA) is 62.3 Å². The molecule has 1 aliphatic heterocycles. The van der Waals surface area contributed by atoms with E-state index >= 15 is 0 Å². The molecule has 1 aliphatic rings. The number of benzene rings is 1. The van der Waals surface area contributed by atoms with Crippen LogP contribution in [0, 0.1) is 5.92 Å². The molecular weight excluding hydrogens is 326 g/mol. The second-order valence-corrected chi connectivity index (χ2v) is 7.17. The van der Waals surface area contributed by atoms with Gasteiger partial charge in [-0.2, -0.15) is 0 Å². The first-order chi connectivity index (χ1) is 12.5. The van der Waals surface area contributed by atoms with Gasteiger partial charge in [-0.1, -0.05) is 38.1 Å². The summed E-state index contributed by atoms with van der Waals surface area (Å²) < 4.78 is 0. The molecule has 3 rings (SSSR count). The van der Waals surface area contributed by atoms with Gasteiger partial charge in [-0.3, -0.25) is 14.6 Å². The highest BCUT2D eigenvalue weighted by Gasteiger charge is 2.29. The largest absolute Gasteiger partial charge is 0.340 e. The third kappa shape index (κ3) is 4.28. The van der Waals surface area contributed by atoms with E-state index in [4.69, 9.17) is 0 Å². The Labute approximate surface area is 154 Å². The number of nitrogens with zero attached hydrogens (tertiary/aromatic N) is 2. The molecule has 5 heteroatoms. The molecule has 0 radical (unpaired) electrons. The van der Waals surface area contributed by atoms with Crippen LogP contribution in [0.4, 0.5) is 0 Å². The second kappa shape index (κ2) is 8.13. The van der Waals surface area contributed by atoms with Crippen molar-refractivity contribution in [1.82, 2.24) is 15.2 Å². The summed E-state index contributed by atoms with van der Waals surface area (Å²) in [6.07, 6.45) is 4.63. The Morgan fingerprint density at radius 2 is 1.81 bits per heavy atom. The minimum atomic E-state index is -0.513. The number of nitrogens with one attached hydrogen (secondary N) is 1. The van der Waals surface area contributed by atoms with Crippen LogP contribution in [0.1, 0.15) is 41.8 Å². The highest BCUT2D eigenvalue weighted by atomic mass is 16.2. The molecule has 2 heterocycles. The van der Waals surface area contributed by atoms with Crippen molar-refractivity contribution >= 4 is 11.8 Å². The van der Waals surface area contributed by atoms with Gasteiger partial charge in [0.05, 0.1) is 0 Å². The lowest BCUT2D eigenvalue weighted by Crippen LogP contribution is -2.50. The molecule has 0 spiro atoms. The third-order valence-electron chi connectivity index (χ3n) is 4.70. The fourth-order valence-corrected chi connectivity index (χ4v) is 3.34. The number of pyridine rings is 1. The van der Waals surface area contributed by atoms with Gasteiger partial charge in [0, 0.05) is 31.0 Å². The van der Waals surface area contributed by atoms with Crippen molar-refractivity contribution in [1.29, 1.82) is 0 Å². The van der Waals surface area contributed by atoms with Crippen LogP contribution in [0.25, 0.3) is 0 Å². The van der Waals surface area contributed by atoms with Crippen LogP contribution in [-0.2, 0) is 17.8 Å². The maximum absolute atomic E-state index is 13.1. The Morgan fingerprint density at radius 1 is 1.12 bits per heavy atom. The first-order valence-corrected chi connectivity index (χ1v) is 9.11. The van der Waals surface area contributed by atoms with E-state index in [1.165, 1.54) is 11.1 Å². The smallest absolute Gasteiger partial charge is 0.252 e. The summed E-state index contributed by atoms with van der Waals surface area (Å²) in [4.78, 5) is 31.4. The number of aromatic nitrogens is 1. The van der Waals surface area contributed by atoms with E-state index in [-0.39, 0.29) is 11.8 Å². The van der Waals surface area contributed by atoms with E-state index in [9.17, 15) is 9.59 Å². The molecule has 0 unspecified atom stereocenters. The van der Waals surface area contributed by atoms with E-state index < -0.39 is 6.04 Å². The average Bonchev–Trinajstić information content (AvgIpc) is 2.66. The number of rotatable bonds is 5. The summed E-state index contributed by atoms with van der Waals surface area (Å²) in [6, 6.07) is 11.0. The van der Waals surface area contributed by atoms with Crippen LogP contribution >= 0.6 is 0 Å². The van der Waals surface area contributed by atoms with E-state index in [0.29, 0.717) is 31.0 Å². The summed E-state index contributed by atoms with van der Waals surface area (Å²) >= 11 is 0. The minimum Gasteiger partial charge on any atom is -0.340 e. The lowest BCUT2D eigenvalue weighted by Gasteiger charge is -2.32. The number of amides is 2. The summed E-state index contributed by atoms with van der Waals surface area (Å²) in [5, 5.41) is 2.93. The van der Waals surface area contributed by atoms with Crippen molar-refractivity contribution in [3.8, 4) is 0 Å². The SMILES string of the molecule is CC(C)C[C@@H](NC(=O)c1ccncc1)C(=O)N1CCc2ccccc2C1. The molecule has 1 N–H and O–H groups in total. The quantitative estimate of drug-likeness (QED) is 0.901. The Bertz CT molecular complexity index is 774. The summed E-state index contributed by atoms with van der Waals surface area (Å²) in [6.45, 7) is 5.42. The Balaban J connectivity index is 1.73. The molecule has 2 amide bonds. The predicted octanol–water partition coefficient (Wildman–Crippen LogP) is 2.81. The van der Waals surface area contributed by atoms with Crippen LogP contribution in [0.5, 0.6) is 0 Å². The van der Waals surface area contributed by atoms with Gasteiger partial charge in [-0.05, 0) is 42.0 Å². The molecule has 0 saturated heterocycles. The molecule has 136 valence electrons. The van der Waals surface area contributed by atoms with Crippen LogP contribution < -0.4 is 5.32 Å². The highest BCUT2D eigenvalue weighted by molar-refractivity contribution is 5.97. The molecule has 1 aromatic carbocycles. The Morgan fingerprint density at radius 3 is 2.50 bits per heavy atom.